The van der Waals surface area contributed by atoms with Gasteiger partial charge in [0.1, 0.15) is 6.04 Å². The van der Waals surface area contributed by atoms with Crippen molar-refractivity contribution >= 4 is 46.7 Å². The highest BCUT2D eigenvalue weighted by Crippen LogP contribution is 2.27. The molecule has 4 rings (SSSR count). The predicted octanol–water partition coefficient (Wildman–Crippen LogP) is 3.58. The zero-order chi connectivity index (χ0) is 24.9. The second kappa shape index (κ2) is 10.9. The molecule has 0 bridgehead atoms. The molecule has 1 aliphatic rings. The lowest BCUT2D eigenvalue weighted by molar-refractivity contribution is -0.140. The third-order valence-electron chi connectivity index (χ3n) is 5.78. The second-order valence-electron chi connectivity index (χ2n) is 8.16. The Balaban J connectivity index is 1.43. The summed E-state index contributed by atoms with van der Waals surface area (Å²) in [7, 11) is 0. The van der Waals surface area contributed by atoms with Crippen LogP contribution < -0.4 is 21.7 Å². The molecule has 1 amide bonds. The summed E-state index contributed by atoms with van der Waals surface area (Å²) in [5, 5.41) is 19.2. The lowest BCUT2D eigenvalue weighted by atomic mass is 9.99. The van der Waals surface area contributed by atoms with Gasteiger partial charge in [0, 0.05) is 39.3 Å². The average molecular weight is 515 g/mol. The first kappa shape index (κ1) is 24.7. The van der Waals surface area contributed by atoms with Gasteiger partial charge in [-0.05, 0) is 43.7 Å². The first-order valence-corrected chi connectivity index (χ1v) is 11.7. The van der Waals surface area contributed by atoms with Gasteiger partial charge in [-0.25, -0.2) is 9.97 Å². The summed E-state index contributed by atoms with van der Waals surface area (Å²) in [6.45, 7) is 0.856. The monoisotopic (exact) mass is 514 g/mol. The summed E-state index contributed by atoms with van der Waals surface area (Å²) in [6, 6.07) is 11.3. The number of carbonyl (C=O) groups excluding carboxylic acids is 1. The van der Waals surface area contributed by atoms with Gasteiger partial charge in [0.05, 0.1) is 11.9 Å². The van der Waals surface area contributed by atoms with Crippen molar-refractivity contribution < 1.29 is 14.7 Å². The number of benzene rings is 2. The number of nitrogens with two attached hydrogens (primary N) is 1. The normalized spacial score (nSPS) is 17.5. The fourth-order valence-electron chi connectivity index (χ4n) is 3.84. The summed E-state index contributed by atoms with van der Waals surface area (Å²) in [6.07, 6.45) is 2.57. The standard InChI is InChI=1S/C24H24Cl2N6O3/c25-17-2-1-3-18(26)16(17)11-30-22-21(27)29-12-20(32-22)13-4-6-14(7-5-13)23(33)31-15-8-9-28-19(10-15)24(34)35/h1-7,12,15,19,28H,8-11H2,(H2,27,29)(H,30,32)(H,31,33)(H,34,35)/t15?,19-/m1/s1. The van der Waals surface area contributed by atoms with E-state index in [1.54, 1.807) is 48.7 Å². The van der Waals surface area contributed by atoms with E-state index in [1.807, 2.05) is 0 Å². The number of nitrogen functional groups attached to an aromatic ring is 1. The Morgan fingerprint density at radius 1 is 1.14 bits per heavy atom. The third-order valence-corrected chi connectivity index (χ3v) is 6.48. The topological polar surface area (TPSA) is 142 Å². The molecule has 2 heterocycles. The maximum absolute atomic E-state index is 12.7. The molecule has 0 spiro atoms. The van der Waals surface area contributed by atoms with Gasteiger partial charge in [0.25, 0.3) is 5.91 Å². The maximum atomic E-state index is 12.7. The van der Waals surface area contributed by atoms with Crippen LogP contribution >= 0.6 is 23.2 Å². The first-order chi connectivity index (χ1) is 16.8. The highest BCUT2D eigenvalue weighted by atomic mass is 35.5. The van der Waals surface area contributed by atoms with Gasteiger partial charge in [0.2, 0.25) is 0 Å². The Morgan fingerprint density at radius 3 is 2.54 bits per heavy atom. The Hall–Kier alpha value is -3.40. The Labute approximate surface area is 212 Å². The van der Waals surface area contributed by atoms with Gasteiger partial charge in [0.15, 0.2) is 11.6 Å². The zero-order valence-corrected chi connectivity index (χ0v) is 20.1. The molecule has 6 N–H and O–H groups in total. The van der Waals surface area contributed by atoms with Crippen LogP contribution in [0.1, 0.15) is 28.8 Å². The van der Waals surface area contributed by atoms with E-state index < -0.39 is 12.0 Å². The van der Waals surface area contributed by atoms with Crippen LogP contribution in [0.15, 0.2) is 48.7 Å². The summed E-state index contributed by atoms with van der Waals surface area (Å²) >= 11 is 12.5. The molecule has 1 aliphatic heterocycles. The van der Waals surface area contributed by atoms with Crippen LogP contribution in [0.3, 0.4) is 0 Å². The number of carbonyl (C=O) groups is 2. The van der Waals surface area contributed by atoms with Crippen molar-refractivity contribution in [2.75, 3.05) is 17.6 Å². The smallest absolute Gasteiger partial charge is 0.320 e. The molecular formula is C24H24Cl2N6O3. The molecule has 35 heavy (non-hydrogen) atoms. The SMILES string of the molecule is Nc1ncc(-c2ccc(C(=O)NC3CCN[C@@H](C(=O)O)C3)cc2)nc1NCc1c(Cl)cccc1Cl. The number of carboxylic acid groups (broad SMARTS) is 1. The number of rotatable bonds is 7. The molecule has 0 aliphatic carbocycles. The van der Waals surface area contributed by atoms with Crippen LogP contribution in [0.2, 0.25) is 10.0 Å². The van der Waals surface area contributed by atoms with Gasteiger partial charge in [-0.15, -0.1) is 0 Å². The van der Waals surface area contributed by atoms with E-state index in [-0.39, 0.29) is 17.8 Å². The van der Waals surface area contributed by atoms with Crippen LogP contribution in [0.4, 0.5) is 11.6 Å². The van der Waals surface area contributed by atoms with E-state index in [9.17, 15) is 14.7 Å². The maximum Gasteiger partial charge on any atom is 0.320 e. The van der Waals surface area contributed by atoms with Crippen molar-refractivity contribution in [3.05, 3.63) is 69.8 Å². The Morgan fingerprint density at radius 2 is 1.86 bits per heavy atom. The molecule has 3 aromatic rings. The Kier molecular flexibility index (Phi) is 7.70. The highest BCUT2D eigenvalue weighted by Gasteiger charge is 2.27. The van der Waals surface area contributed by atoms with Crippen LogP contribution in [0.25, 0.3) is 11.3 Å². The number of nitrogens with one attached hydrogen (secondary N) is 3. The molecule has 1 saturated heterocycles. The predicted molar refractivity (Wildman–Crippen MR) is 136 cm³/mol. The van der Waals surface area contributed by atoms with E-state index in [4.69, 9.17) is 28.9 Å². The van der Waals surface area contributed by atoms with Gasteiger partial charge in [-0.3, -0.25) is 9.59 Å². The lowest BCUT2D eigenvalue weighted by Crippen LogP contribution is -2.50. The van der Waals surface area contributed by atoms with Gasteiger partial charge >= 0.3 is 5.97 Å². The van der Waals surface area contributed by atoms with E-state index in [2.05, 4.69) is 25.9 Å². The van der Waals surface area contributed by atoms with Crippen molar-refractivity contribution in [3.8, 4) is 11.3 Å². The third kappa shape index (κ3) is 6.00. The molecule has 182 valence electrons. The van der Waals surface area contributed by atoms with E-state index in [0.29, 0.717) is 53.1 Å². The van der Waals surface area contributed by atoms with E-state index in [1.165, 1.54) is 0 Å². The number of carboxylic acids is 1. The molecular weight excluding hydrogens is 491 g/mol. The molecule has 1 aromatic heterocycles. The molecule has 0 radical (unpaired) electrons. The summed E-state index contributed by atoms with van der Waals surface area (Å²) in [5.74, 6) is -0.551. The van der Waals surface area contributed by atoms with Crippen LogP contribution in [0.5, 0.6) is 0 Å². The van der Waals surface area contributed by atoms with Crippen molar-refractivity contribution in [1.82, 2.24) is 20.6 Å². The fourth-order valence-corrected chi connectivity index (χ4v) is 4.37. The minimum Gasteiger partial charge on any atom is -0.480 e. The van der Waals surface area contributed by atoms with Crippen molar-refractivity contribution in [1.29, 1.82) is 0 Å². The average Bonchev–Trinajstić information content (AvgIpc) is 2.85. The second-order valence-corrected chi connectivity index (χ2v) is 8.97. The molecule has 1 fully saturated rings. The van der Waals surface area contributed by atoms with Gasteiger partial charge in [-0.2, -0.15) is 0 Å². The molecule has 2 aromatic carbocycles. The van der Waals surface area contributed by atoms with E-state index >= 15 is 0 Å². The molecule has 2 atom stereocenters. The Bertz CT molecular complexity index is 1220. The number of hydrogen-bond acceptors (Lipinski definition) is 7. The highest BCUT2D eigenvalue weighted by molar-refractivity contribution is 6.36. The molecule has 1 unspecified atom stereocenters. The number of piperidine rings is 1. The number of aromatic nitrogens is 2. The number of anilines is 2. The quantitative estimate of drug-likeness (QED) is 0.322. The van der Waals surface area contributed by atoms with Crippen molar-refractivity contribution in [2.45, 2.75) is 31.5 Å². The number of aliphatic carboxylic acids is 1. The molecule has 11 heteroatoms. The van der Waals surface area contributed by atoms with Crippen LogP contribution in [-0.4, -0.2) is 45.6 Å². The summed E-state index contributed by atoms with van der Waals surface area (Å²) in [4.78, 5) is 32.6. The summed E-state index contributed by atoms with van der Waals surface area (Å²) < 4.78 is 0. The molecule has 9 nitrogen and oxygen atoms in total. The minimum atomic E-state index is -0.915. The number of halogens is 2. The number of amides is 1. The summed E-state index contributed by atoms with van der Waals surface area (Å²) in [5.41, 5.74) is 8.50. The molecule has 0 saturated carbocycles. The van der Waals surface area contributed by atoms with Gasteiger partial charge < -0.3 is 26.8 Å². The number of nitrogens with zero attached hydrogens (tertiary/aromatic N) is 2. The lowest BCUT2D eigenvalue weighted by Gasteiger charge is -2.28. The van der Waals surface area contributed by atoms with Crippen LogP contribution in [-0.2, 0) is 11.3 Å². The van der Waals surface area contributed by atoms with E-state index in [0.717, 1.165) is 11.1 Å². The largest absolute Gasteiger partial charge is 0.480 e. The number of hydrogen-bond donors (Lipinski definition) is 5. The van der Waals surface area contributed by atoms with Crippen LogP contribution in [0, 0.1) is 0 Å². The minimum absolute atomic E-state index is 0.201. The zero-order valence-electron chi connectivity index (χ0n) is 18.6. The van der Waals surface area contributed by atoms with Crippen molar-refractivity contribution in [3.63, 3.8) is 0 Å². The van der Waals surface area contributed by atoms with Gasteiger partial charge in [-0.1, -0.05) is 41.4 Å². The van der Waals surface area contributed by atoms with Crippen molar-refractivity contribution in [2.24, 2.45) is 0 Å². The first-order valence-electron chi connectivity index (χ1n) is 11.0. The fraction of sp³-hybridized carbons (Fsp3) is 0.250.